The Labute approximate surface area is 161 Å². The molecule has 0 unspecified atom stereocenters. The Morgan fingerprint density at radius 1 is 0.600 bits per heavy atom. The molecule has 25 heavy (non-hydrogen) atoms. The van der Waals surface area contributed by atoms with E-state index in [1.165, 1.54) is 22.3 Å². The van der Waals surface area contributed by atoms with Crippen LogP contribution in [0.4, 0.5) is 0 Å². The second-order valence-electron chi connectivity index (χ2n) is 5.65. The van der Waals surface area contributed by atoms with Gasteiger partial charge in [0.15, 0.2) is 0 Å². The number of hydrogen-bond donors (Lipinski definition) is 0. The van der Waals surface area contributed by atoms with E-state index in [9.17, 15) is 0 Å². The number of benzene rings is 3. The van der Waals surface area contributed by atoms with Gasteiger partial charge in [0.2, 0.25) is 0 Å². The van der Waals surface area contributed by atoms with Crippen LogP contribution in [0.2, 0.25) is 0 Å². The van der Waals surface area contributed by atoms with Crippen molar-refractivity contribution in [2.45, 2.75) is 0 Å². The van der Waals surface area contributed by atoms with Crippen molar-refractivity contribution in [2.24, 2.45) is 0 Å². The Morgan fingerprint density at radius 3 is 2.04 bits per heavy atom. The molecule has 1 aromatic heterocycles. The number of pyridine rings is 1. The molecule has 1 radical (unpaired) electrons. The molecule has 4 rings (SSSR count). The summed E-state index contributed by atoms with van der Waals surface area (Å²) in [6.45, 7) is 0. The Kier molecular flexibility index (Phi) is 5.55. The average molecular weight is 499 g/mol. The van der Waals surface area contributed by atoms with Crippen molar-refractivity contribution >= 4 is 0 Å². The van der Waals surface area contributed by atoms with Crippen LogP contribution in [0.3, 0.4) is 0 Å². The van der Waals surface area contributed by atoms with Gasteiger partial charge in [-0.05, 0) is 34.5 Å². The van der Waals surface area contributed by atoms with E-state index < -0.39 is 0 Å². The molecule has 0 fully saturated rings. The van der Waals surface area contributed by atoms with Crippen molar-refractivity contribution in [3.05, 3.63) is 103 Å². The van der Waals surface area contributed by atoms with Crippen LogP contribution in [0.5, 0.6) is 0 Å². The minimum Gasteiger partial charge on any atom is -0.305 e. The Bertz CT molecular complexity index is 869. The normalized spacial score (nSPS) is 10.1. The monoisotopic (exact) mass is 499 g/mol. The van der Waals surface area contributed by atoms with Crippen LogP contribution in [-0.4, -0.2) is 4.98 Å². The van der Waals surface area contributed by atoms with E-state index in [-0.39, 0.29) is 20.1 Å². The second-order valence-corrected chi connectivity index (χ2v) is 5.65. The number of aromatic nitrogens is 1. The standard InChI is InChI=1S/C23H16N.Ir/c1-2-8-18(9-3-1)19-10-6-11-20(16-19)21-12-7-13-22(17-21)23-14-4-5-15-24-23;/h1-12,14-17H;/q-1;. The second kappa shape index (κ2) is 8.02. The fraction of sp³-hybridized carbons (Fsp3) is 0. The summed E-state index contributed by atoms with van der Waals surface area (Å²) in [5.74, 6) is 0. The van der Waals surface area contributed by atoms with Gasteiger partial charge < -0.3 is 4.98 Å². The van der Waals surface area contributed by atoms with Gasteiger partial charge in [-0.15, -0.1) is 35.4 Å². The van der Waals surface area contributed by atoms with Crippen molar-refractivity contribution in [3.8, 4) is 33.5 Å². The van der Waals surface area contributed by atoms with Crippen LogP contribution >= 0.6 is 0 Å². The molecule has 4 aromatic rings. The topological polar surface area (TPSA) is 12.9 Å². The van der Waals surface area contributed by atoms with Gasteiger partial charge in [-0.25, -0.2) is 0 Å². The van der Waals surface area contributed by atoms with Crippen LogP contribution in [0.15, 0.2) is 97.2 Å². The predicted molar refractivity (Wildman–Crippen MR) is 99.4 cm³/mol. The Balaban J connectivity index is 0.00000182. The molecule has 0 saturated carbocycles. The van der Waals surface area contributed by atoms with Gasteiger partial charge in [-0.2, -0.15) is 0 Å². The fourth-order valence-corrected chi connectivity index (χ4v) is 2.82. The minimum absolute atomic E-state index is 0. The summed E-state index contributed by atoms with van der Waals surface area (Å²) in [5, 5.41) is 0. The summed E-state index contributed by atoms with van der Waals surface area (Å²) < 4.78 is 0. The summed E-state index contributed by atoms with van der Waals surface area (Å²) in [6.07, 6.45) is 1.81. The molecule has 0 spiro atoms. The Hall–Kier alpha value is -2.54. The largest absolute Gasteiger partial charge is 0.305 e. The van der Waals surface area contributed by atoms with Crippen LogP contribution in [0.1, 0.15) is 0 Å². The van der Waals surface area contributed by atoms with Gasteiger partial charge in [0.1, 0.15) is 0 Å². The van der Waals surface area contributed by atoms with Gasteiger partial charge in [-0.1, -0.05) is 60.7 Å². The van der Waals surface area contributed by atoms with E-state index >= 15 is 0 Å². The molecular formula is C23H16IrN-. The van der Waals surface area contributed by atoms with E-state index in [0.717, 1.165) is 11.3 Å². The van der Waals surface area contributed by atoms with Crippen molar-refractivity contribution in [3.63, 3.8) is 0 Å². The van der Waals surface area contributed by atoms with E-state index in [0.29, 0.717) is 0 Å². The summed E-state index contributed by atoms with van der Waals surface area (Å²) >= 11 is 0. The first-order chi connectivity index (χ1) is 11.9. The van der Waals surface area contributed by atoms with Gasteiger partial charge in [0, 0.05) is 26.3 Å². The molecule has 0 N–H and O–H groups in total. The predicted octanol–water partition coefficient (Wildman–Crippen LogP) is 5.88. The minimum atomic E-state index is 0. The van der Waals surface area contributed by atoms with Crippen molar-refractivity contribution in [2.75, 3.05) is 0 Å². The maximum absolute atomic E-state index is 4.42. The molecule has 3 aromatic carbocycles. The average Bonchev–Trinajstić information content (AvgIpc) is 2.70. The Morgan fingerprint density at radius 2 is 1.28 bits per heavy atom. The molecule has 0 aliphatic heterocycles. The third-order valence-corrected chi connectivity index (χ3v) is 4.05. The zero-order valence-electron chi connectivity index (χ0n) is 13.5. The first-order valence-corrected chi connectivity index (χ1v) is 7.99. The summed E-state index contributed by atoms with van der Waals surface area (Å²) in [6, 6.07) is 34.5. The smallest absolute Gasteiger partial charge is 0.0160 e. The van der Waals surface area contributed by atoms with Crippen LogP contribution in [0.25, 0.3) is 33.5 Å². The first-order valence-electron chi connectivity index (χ1n) is 7.99. The molecule has 0 bridgehead atoms. The molecule has 0 saturated heterocycles. The van der Waals surface area contributed by atoms with Gasteiger partial charge in [-0.3, -0.25) is 0 Å². The fourth-order valence-electron chi connectivity index (χ4n) is 2.82. The molecule has 2 heteroatoms. The SMILES string of the molecule is [Ir].[c-]1ccc(-c2cccc(-c3ccccc3)c2)cc1-c1ccccn1. The van der Waals surface area contributed by atoms with Gasteiger partial charge in [0.25, 0.3) is 0 Å². The number of hydrogen-bond acceptors (Lipinski definition) is 1. The van der Waals surface area contributed by atoms with Gasteiger partial charge >= 0.3 is 0 Å². The maximum atomic E-state index is 4.42. The molecule has 0 amide bonds. The van der Waals surface area contributed by atoms with E-state index in [2.05, 4.69) is 71.7 Å². The zero-order valence-corrected chi connectivity index (χ0v) is 15.9. The molecule has 0 aliphatic carbocycles. The molecule has 1 nitrogen and oxygen atoms in total. The van der Waals surface area contributed by atoms with Crippen LogP contribution < -0.4 is 0 Å². The molecule has 123 valence electrons. The molecular weight excluding hydrogens is 482 g/mol. The molecule has 0 aliphatic rings. The summed E-state index contributed by atoms with van der Waals surface area (Å²) in [7, 11) is 0. The van der Waals surface area contributed by atoms with Crippen molar-refractivity contribution in [1.29, 1.82) is 0 Å². The third-order valence-electron chi connectivity index (χ3n) is 4.05. The third kappa shape index (κ3) is 3.93. The van der Waals surface area contributed by atoms with Gasteiger partial charge in [0.05, 0.1) is 0 Å². The van der Waals surface area contributed by atoms with E-state index in [1.54, 1.807) is 0 Å². The zero-order chi connectivity index (χ0) is 16.2. The summed E-state index contributed by atoms with van der Waals surface area (Å²) in [4.78, 5) is 4.42. The number of rotatable bonds is 3. The maximum Gasteiger partial charge on any atom is 0.0160 e. The molecule has 1 heterocycles. The molecule has 0 atom stereocenters. The quantitative estimate of drug-likeness (QED) is 0.322. The van der Waals surface area contributed by atoms with E-state index in [1.807, 2.05) is 36.5 Å². The van der Waals surface area contributed by atoms with E-state index in [4.69, 9.17) is 0 Å². The van der Waals surface area contributed by atoms with Crippen molar-refractivity contribution < 1.29 is 20.1 Å². The van der Waals surface area contributed by atoms with Crippen molar-refractivity contribution in [1.82, 2.24) is 4.98 Å². The summed E-state index contributed by atoms with van der Waals surface area (Å²) in [5.41, 5.74) is 6.78. The number of nitrogens with zero attached hydrogens (tertiary/aromatic N) is 1. The van der Waals surface area contributed by atoms with Crippen LogP contribution in [0, 0.1) is 6.07 Å². The first kappa shape index (κ1) is 17.3. The van der Waals surface area contributed by atoms with Crippen LogP contribution in [-0.2, 0) is 20.1 Å².